The van der Waals surface area contributed by atoms with Gasteiger partial charge < -0.3 is 17.2 Å². The summed E-state index contributed by atoms with van der Waals surface area (Å²) in [6.45, 7) is 0. The molecule has 2 aliphatic heterocycles. The Morgan fingerprint density at radius 1 is 0.667 bits per heavy atom. The van der Waals surface area contributed by atoms with Crippen LogP contribution in [0.2, 0.25) is 0 Å². The zero-order valence-corrected chi connectivity index (χ0v) is 15.7. The molecule has 0 unspecified atom stereocenters. The lowest BCUT2D eigenvalue weighted by Gasteiger charge is -2.34. The van der Waals surface area contributed by atoms with Crippen molar-refractivity contribution in [2.75, 3.05) is 0 Å². The highest BCUT2D eigenvalue weighted by Gasteiger charge is 2.30. The van der Waals surface area contributed by atoms with E-state index in [0.29, 0.717) is 22.3 Å². The van der Waals surface area contributed by atoms with Crippen molar-refractivity contribution < 1.29 is 19.2 Å². The van der Waals surface area contributed by atoms with Crippen LogP contribution in [0.4, 0.5) is 0 Å². The van der Waals surface area contributed by atoms with Gasteiger partial charge in [-0.3, -0.25) is 24.1 Å². The van der Waals surface area contributed by atoms with Crippen LogP contribution in [0.25, 0.3) is 0 Å². The number of fused-ring (bicyclic) bond motifs is 2. The van der Waals surface area contributed by atoms with E-state index in [4.69, 9.17) is 17.2 Å². The molecule has 30 heavy (non-hydrogen) atoms. The number of benzene rings is 2. The van der Waals surface area contributed by atoms with Gasteiger partial charge in [0.1, 0.15) is 0 Å². The van der Waals surface area contributed by atoms with Gasteiger partial charge >= 0.3 is 0 Å². The lowest BCUT2D eigenvalue weighted by molar-refractivity contribution is 0.0836. The summed E-state index contributed by atoms with van der Waals surface area (Å²) in [6, 6.07) is 12.3. The van der Waals surface area contributed by atoms with Crippen molar-refractivity contribution in [2.45, 2.75) is 0 Å². The van der Waals surface area contributed by atoms with Gasteiger partial charge in [0.2, 0.25) is 17.7 Å². The number of hydrogen-bond donors (Lipinski definition) is 3. The summed E-state index contributed by atoms with van der Waals surface area (Å²) in [5.41, 5.74) is 18.4. The number of allylic oxidation sites excluding steroid dienone is 4. The van der Waals surface area contributed by atoms with Gasteiger partial charge in [0.05, 0.1) is 11.4 Å². The van der Waals surface area contributed by atoms with Gasteiger partial charge in [-0.05, 0) is 60.7 Å². The first-order valence-electron chi connectivity index (χ1n) is 8.82. The van der Waals surface area contributed by atoms with Crippen molar-refractivity contribution in [1.82, 2.24) is 4.90 Å². The molecular weight excluding hydrogens is 384 g/mol. The van der Waals surface area contributed by atoms with Gasteiger partial charge in [-0.2, -0.15) is 0 Å². The fourth-order valence-corrected chi connectivity index (χ4v) is 2.82. The zero-order valence-electron chi connectivity index (χ0n) is 15.7. The molecule has 2 heterocycles. The zero-order chi connectivity index (χ0) is 21.8. The van der Waals surface area contributed by atoms with Gasteiger partial charge in [0, 0.05) is 22.3 Å². The highest BCUT2D eigenvalue weighted by Crippen LogP contribution is 2.32. The van der Waals surface area contributed by atoms with E-state index in [-0.39, 0.29) is 5.91 Å². The minimum absolute atomic E-state index is 0.147. The molecule has 6 N–H and O–H groups in total. The molecule has 0 aromatic heterocycles. The van der Waals surface area contributed by atoms with Crippen molar-refractivity contribution in [3.63, 3.8) is 0 Å². The summed E-state index contributed by atoms with van der Waals surface area (Å²) in [6.07, 6.45) is 7.55. The number of nitrogens with two attached hydrogens (primary N) is 3. The lowest BCUT2D eigenvalue weighted by Crippen LogP contribution is -2.36. The molecule has 8 nitrogen and oxygen atoms in total. The number of amides is 4. The van der Waals surface area contributed by atoms with E-state index < -0.39 is 17.7 Å². The molecule has 4 rings (SSSR count). The summed E-state index contributed by atoms with van der Waals surface area (Å²) in [5, 5.41) is 0. The normalized spacial score (nSPS) is 13.1. The minimum Gasteiger partial charge on any atom is -0.366 e. The van der Waals surface area contributed by atoms with Crippen LogP contribution >= 0.6 is 0 Å². The third-order valence-electron chi connectivity index (χ3n) is 4.40. The number of primary amides is 3. The Morgan fingerprint density at radius 2 is 1.20 bits per heavy atom. The molecule has 0 radical (unpaired) electrons. The van der Waals surface area contributed by atoms with Crippen LogP contribution in [0.1, 0.15) is 41.4 Å². The van der Waals surface area contributed by atoms with Gasteiger partial charge in [-0.15, -0.1) is 0 Å². The first-order chi connectivity index (χ1) is 14.3. The smallest absolute Gasteiger partial charge is 0.262 e. The number of carbonyl (C=O) groups is 4. The molecule has 0 spiro atoms. The highest BCUT2D eigenvalue weighted by molar-refractivity contribution is 6.02. The molecular formula is C22H18N4O4. The van der Waals surface area contributed by atoms with Crippen LogP contribution in [0.5, 0.6) is 0 Å². The molecule has 0 atom stereocenters. The topological polar surface area (TPSA) is 150 Å². The fourth-order valence-electron chi connectivity index (χ4n) is 2.82. The predicted molar refractivity (Wildman–Crippen MR) is 110 cm³/mol. The van der Waals surface area contributed by atoms with E-state index in [2.05, 4.69) is 0 Å². The molecule has 0 saturated heterocycles. The second-order valence-electron chi connectivity index (χ2n) is 6.41. The predicted octanol–water partition coefficient (Wildman–Crippen LogP) is 1.46. The largest absolute Gasteiger partial charge is 0.366 e. The van der Waals surface area contributed by atoms with E-state index in [0.717, 1.165) is 11.4 Å². The minimum atomic E-state index is -0.535. The molecule has 150 valence electrons. The average molecular weight is 402 g/mol. The average Bonchev–Trinajstić information content (AvgIpc) is 2.74. The van der Waals surface area contributed by atoms with Crippen LogP contribution < -0.4 is 17.2 Å². The van der Waals surface area contributed by atoms with Gasteiger partial charge in [-0.25, -0.2) is 0 Å². The van der Waals surface area contributed by atoms with Crippen LogP contribution in [0.3, 0.4) is 0 Å². The van der Waals surface area contributed by atoms with Crippen LogP contribution in [0.15, 0.2) is 84.2 Å². The Labute approximate surface area is 171 Å². The molecule has 2 bridgehead atoms. The van der Waals surface area contributed by atoms with E-state index in [1.54, 1.807) is 23.1 Å². The van der Waals surface area contributed by atoms with Gasteiger partial charge in [0.25, 0.3) is 5.91 Å². The van der Waals surface area contributed by atoms with Crippen molar-refractivity contribution in [3.05, 3.63) is 106 Å². The first-order valence-corrected chi connectivity index (χ1v) is 8.82. The summed E-state index contributed by atoms with van der Waals surface area (Å²) < 4.78 is 0. The van der Waals surface area contributed by atoms with E-state index in [1.165, 1.54) is 30.3 Å². The van der Waals surface area contributed by atoms with E-state index in [1.807, 2.05) is 24.3 Å². The Bertz CT molecular complexity index is 1100. The Balaban J connectivity index is 0.000000187. The maximum absolute atomic E-state index is 12.3. The van der Waals surface area contributed by atoms with Crippen molar-refractivity contribution in [2.24, 2.45) is 17.2 Å². The SMILES string of the molecule is NC(=O)c1ccc(C(N)=O)cc1.NC(=O)c1cccc(C(=O)N2C3=CC=CC2=C3)c1. The highest BCUT2D eigenvalue weighted by atomic mass is 16.2. The quantitative estimate of drug-likeness (QED) is 0.709. The van der Waals surface area contributed by atoms with Gasteiger partial charge in [0.15, 0.2) is 0 Å². The maximum atomic E-state index is 12.3. The second-order valence-corrected chi connectivity index (χ2v) is 6.41. The lowest BCUT2D eigenvalue weighted by atomic mass is 10.0. The number of carbonyl (C=O) groups excluding carboxylic acids is 4. The molecule has 2 aromatic rings. The molecule has 2 aromatic carbocycles. The molecule has 8 heteroatoms. The van der Waals surface area contributed by atoms with Gasteiger partial charge in [-0.1, -0.05) is 12.1 Å². The second kappa shape index (κ2) is 8.27. The van der Waals surface area contributed by atoms with E-state index in [9.17, 15) is 19.2 Å². The number of rotatable bonds is 4. The van der Waals surface area contributed by atoms with Crippen molar-refractivity contribution in [3.8, 4) is 0 Å². The Morgan fingerprint density at radius 3 is 1.63 bits per heavy atom. The summed E-state index contributed by atoms with van der Waals surface area (Å²) in [4.78, 5) is 46.1. The molecule has 0 saturated carbocycles. The molecule has 0 aliphatic carbocycles. The first kappa shape index (κ1) is 20.3. The monoisotopic (exact) mass is 402 g/mol. The Kier molecular flexibility index (Phi) is 5.59. The number of hydrogen-bond acceptors (Lipinski definition) is 4. The summed E-state index contributed by atoms with van der Waals surface area (Å²) >= 11 is 0. The van der Waals surface area contributed by atoms with Crippen molar-refractivity contribution >= 4 is 23.6 Å². The van der Waals surface area contributed by atoms with E-state index >= 15 is 0 Å². The van der Waals surface area contributed by atoms with Crippen LogP contribution in [-0.4, -0.2) is 28.5 Å². The number of nitrogens with zero attached hydrogens (tertiary/aromatic N) is 1. The molecule has 4 amide bonds. The van der Waals surface area contributed by atoms with Crippen molar-refractivity contribution in [1.29, 1.82) is 0 Å². The third kappa shape index (κ3) is 4.17. The van der Waals surface area contributed by atoms with Crippen LogP contribution in [0, 0.1) is 0 Å². The summed E-state index contributed by atoms with van der Waals surface area (Å²) in [7, 11) is 0. The third-order valence-corrected chi connectivity index (χ3v) is 4.40. The maximum Gasteiger partial charge on any atom is 0.262 e. The summed E-state index contributed by atoms with van der Waals surface area (Å²) in [5.74, 6) is -1.73. The van der Waals surface area contributed by atoms with Crippen LogP contribution in [-0.2, 0) is 0 Å². The molecule has 0 fully saturated rings. The molecule has 2 aliphatic rings. The standard InChI is InChI=1S/C14H10N2O2.C8H8N2O2/c15-13(17)9-3-1-4-10(7-9)14(18)16-11-5-2-6-12(16)8-11;9-7(11)5-1-2-6(4-3-5)8(10)12/h1-8H,(H2,15,17);1-4H,(H2,9,11)(H2,10,12). The fraction of sp³-hybridized carbons (Fsp3) is 0. The Hall–Kier alpha value is -4.46.